The Hall–Kier alpha value is -3.15. The number of carbonyl (C=O) groups excluding carboxylic acids is 2. The molecule has 116 valence electrons. The quantitative estimate of drug-likeness (QED) is 0.691. The van der Waals surface area contributed by atoms with E-state index in [2.05, 4.69) is 20.8 Å². The van der Waals surface area contributed by atoms with Crippen molar-refractivity contribution in [3.05, 3.63) is 59.8 Å². The van der Waals surface area contributed by atoms with Gasteiger partial charge in [-0.3, -0.25) is 14.7 Å². The molecule has 6 nitrogen and oxygen atoms in total. The van der Waals surface area contributed by atoms with Crippen LogP contribution in [0.4, 0.5) is 5.69 Å². The summed E-state index contributed by atoms with van der Waals surface area (Å²) in [5.41, 5.74) is 2.81. The highest BCUT2D eigenvalue weighted by atomic mass is 16.2. The Morgan fingerprint density at radius 1 is 1.13 bits per heavy atom. The van der Waals surface area contributed by atoms with Crippen molar-refractivity contribution in [1.29, 1.82) is 0 Å². The first-order chi connectivity index (χ1) is 11.1. The first kappa shape index (κ1) is 14.8. The van der Waals surface area contributed by atoms with Gasteiger partial charge < -0.3 is 10.6 Å². The van der Waals surface area contributed by atoms with Gasteiger partial charge in [-0.1, -0.05) is 30.3 Å². The van der Waals surface area contributed by atoms with Crippen LogP contribution >= 0.6 is 0 Å². The third-order valence-corrected chi connectivity index (χ3v) is 3.40. The van der Waals surface area contributed by atoms with E-state index in [4.69, 9.17) is 0 Å². The van der Waals surface area contributed by atoms with Crippen LogP contribution in [0.2, 0.25) is 0 Å². The average Bonchev–Trinajstić information content (AvgIpc) is 2.97. The fourth-order valence-corrected chi connectivity index (χ4v) is 2.31. The van der Waals surface area contributed by atoms with E-state index in [1.165, 1.54) is 0 Å². The highest BCUT2D eigenvalue weighted by molar-refractivity contribution is 6.06. The molecular weight excluding hydrogens is 292 g/mol. The molecule has 0 saturated carbocycles. The molecule has 2 amide bonds. The molecule has 0 atom stereocenters. The molecule has 0 bridgehead atoms. The Morgan fingerprint density at radius 2 is 1.96 bits per heavy atom. The lowest BCUT2D eigenvalue weighted by Gasteiger charge is -2.07. The standard InChI is InChI=1S/C17H16N4O2/c1-11-5-4-6-12(9-11)19-15(22)10-18-17(23)16-13-7-2-3-8-14(13)20-21-16/h2-9H,10H2,1H3,(H,18,23)(H,19,22)(H,20,21). The Kier molecular flexibility index (Phi) is 4.05. The SMILES string of the molecule is Cc1cccc(NC(=O)CNC(=O)c2n[nH]c3ccccc23)c1. The number of rotatable bonds is 4. The molecule has 3 rings (SSSR count). The van der Waals surface area contributed by atoms with E-state index in [0.717, 1.165) is 16.5 Å². The average molecular weight is 308 g/mol. The lowest BCUT2D eigenvalue weighted by molar-refractivity contribution is -0.115. The van der Waals surface area contributed by atoms with Gasteiger partial charge in [0.25, 0.3) is 5.91 Å². The van der Waals surface area contributed by atoms with Gasteiger partial charge in [-0.05, 0) is 30.7 Å². The Bertz CT molecular complexity index is 870. The molecule has 0 aliphatic rings. The topological polar surface area (TPSA) is 86.9 Å². The van der Waals surface area contributed by atoms with Crippen LogP contribution in [0.1, 0.15) is 16.1 Å². The number of nitrogens with zero attached hydrogens (tertiary/aromatic N) is 1. The van der Waals surface area contributed by atoms with Gasteiger partial charge in [0, 0.05) is 11.1 Å². The van der Waals surface area contributed by atoms with E-state index >= 15 is 0 Å². The number of anilines is 1. The molecule has 2 aromatic carbocycles. The molecule has 0 fully saturated rings. The van der Waals surface area contributed by atoms with E-state index < -0.39 is 0 Å². The summed E-state index contributed by atoms with van der Waals surface area (Å²) in [5, 5.41) is 12.8. The number of fused-ring (bicyclic) bond motifs is 1. The number of carbonyl (C=O) groups is 2. The molecule has 1 aromatic heterocycles. The number of para-hydroxylation sites is 1. The zero-order valence-corrected chi connectivity index (χ0v) is 12.6. The van der Waals surface area contributed by atoms with Crippen molar-refractivity contribution >= 4 is 28.4 Å². The maximum atomic E-state index is 12.2. The highest BCUT2D eigenvalue weighted by Gasteiger charge is 2.14. The summed E-state index contributed by atoms with van der Waals surface area (Å²) in [7, 11) is 0. The predicted octanol–water partition coefficient (Wildman–Crippen LogP) is 2.24. The number of H-pyrrole nitrogens is 1. The van der Waals surface area contributed by atoms with Gasteiger partial charge in [-0.15, -0.1) is 0 Å². The van der Waals surface area contributed by atoms with E-state index in [1.54, 1.807) is 12.1 Å². The molecule has 1 heterocycles. The van der Waals surface area contributed by atoms with Crippen molar-refractivity contribution in [2.45, 2.75) is 6.92 Å². The van der Waals surface area contributed by atoms with Crippen molar-refractivity contribution in [3.8, 4) is 0 Å². The van der Waals surface area contributed by atoms with Crippen molar-refractivity contribution in [1.82, 2.24) is 15.5 Å². The molecule has 23 heavy (non-hydrogen) atoms. The largest absolute Gasteiger partial charge is 0.342 e. The minimum absolute atomic E-state index is 0.117. The maximum absolute atomic E-state index is 12.2. The maximum Gasteiger partial charge on any atom is 0.272 e. The number of benzene rings is 2. The second-order valence-electron chi connectivity index (χ2n) is 5.22. The molecule has 6 heteroatoms. The third-order valence-electron chi connectivity index (χ3n) is 3.40. The summed E-state index contributed by atoms with van der Waals surface area (Å²) in [4.78, 5) is 24.1. The summed E-state index contributed by atoms with van der Waals surface area (Å²) in [6.45, 7) is 1.83. The van der Waals surface area contributed by atoms with Gasteiger partial charge in [-0.2, -0.15) is 5.10 Å². The molecule has 0 aliphatic heterocycles. The van der Waals surface area contributed by atoms with Crippen LogP contribution < -0.4 is 10.6 Å². The predicted molar refractivity (Wildman–Crippen MR) is 88.2 cm³/mol. The monoisotopic (exact) mass is 308 g/mol. The zero-order chi connectivity index (χ0) is 16.2. The van der Waals surface area contributed by atoms with Crippen molar-refractivity contribution in [3.63, 3.8) is 0 Å². The Morgan fingerprint density at radius 3 is 2.78 bits per heavy atom. The van der Waals surface area contributed by atoms with Gasteiger partial charge >= 0.3 is 0 Å². The molecule has 0 unspecified atom stereocenters. The van der Waals surface area contributed by atoms with Crippen molar-refractivity contribution in [2.75, 3.05) is 11.9 Å². The zero-order valence-electron chi connectivity index (χ0n) is 12.6. The van der Waals surface area contributed by atoms with Crippen LogP contribution in [-0.2, 0) is 4.79 Å². The number of aromatic nitrogens is 2. The lowest BCUT2D eigenvalue weighted by Crippen LogP contribution is -2.33. The number of aromatic amines is 1. The van der Waals surface area contributed by atoms with E-state index in [-0.39, 0.29) is 24.1 Å². The number of hydrogen-bond donors (Lipinski definition) is 3. The van der Waals surface area contributed by atoms with Crippen molar-refractivity contribution < 1.29 is 9.59 Å². The summed E-state index contributed by atoms with van der Waals surface area (Å²) >= 11 is 0. The normalized spacial score (nSPS) is 10.5. The van der Waals surface area contributed by atoms with Gasteiger partial charge in [0.15, 0.2) is 5.69 Å². The summed E-state index contributed by atoms with van der Waals surface area (Å²) in [6.07, 6.45) is 0. The number of hydrogen-bond acceptors (Lipinski definition) is 3. The second kappa shape index (κ2) is 6.31. The smallest absolute Gasteiger partial charge is 0.272 e. The van der Waals surface area contributed by atoms with Crippen LogP contribution in [0.3, 0.4) is 0 Å². The second-order valence-corrected chi connectivity index (χ2v) is 5.22. The highest BCUT2D eigenvalue weighted by Crippen LogP contribution is 2.14. The van der Waals surface area contributed by atoms with Crippen LogP contribution in [0, 0.1) is 6.92 Å². The number of aryl methyl sites for hydroxylation is 1. The van der Waals surface area contributed by atoms with Crippen LogP contribution in [-0.4, -0.2) is 28.6 Å². The fraction of sp³-hybridized carbons (Fsp3) is 0.118. The van der Waals surface area contributed by atoms with Gasteiger partial charge in [-0.25, -0.2) is 0 Å². The third kappa shape index (κ3) is 3.37. The Labute approximate surface area is 132 Å². The van der Waals surface area contributed by atoms with E-state index in [1.807, 2.05) is 43.3 Å². The number of amides is 2. The fourth-order valence-electron chi connectivity index (χ4n) is 2.31. The van der Waals surface area contributed by atoms with Gasteiger partial charge in [0.05, 0.1) is 12.1 Å². The molecule has 0 spiro atoms. The minimum atomic E-state index is -0.387. The molecule has 3 aromatic rings. The van der Waals surface area contributed by atoms with Gasteiger partial charge in [0.2, 0.25) is 5.91 Å². The summed E-state index contributed by atoms with van der Waals surface area (Å²) in [5.74, 6) is -0.675. The molecule has 0 radical (unpaired) electrons. The van der Waals surface area contributed by atoms with Gasteiger partial charge in [0.1, 0.15) is 0 Å². The Balaban J connectivity index is 1.61. The van der Waals surface area contributed by atoms with E-state index in [0.29, 0.717) is 5.69 Å². The number of nitrogens with one attached hydrogen (secondary N) is 3. The van der Waals surface area contributed by atoms with Crippen LogP contribution in [0.25, 0.3) is 10.9 Å². The minimum Gasteiger partial charge on any atom is -0.342 e. The summed E-state index contributed by atoms with van der Waals surface area (Å²) < 4.78 is 0. The van der Waals surface area contributed by atoms with Crippen molar-refractivity contribution in [2.24, 2.45) is 0 Å². The molecule has 3 N–H and O–H groups in total. The molecule has 0 aliphatic carbocycles. The molecular formula is C17H16N4O2. The molecule has 0 saturated heterocycles. The first-order valence-electron chi connectivity index (χ1n) is 7.21. The summed E-state index contributed by atoms with van der Waals surface area (Å²) in [6, 6.07) is 14.8. The van der Waals surface area contributed by atoms with Crippen LogP contribution in [0.5, 0.6) is 0 Å². The first-order valence-corrected chi connectivity index (χ1v) is 7.21. The van der Waals surface area contributed by atoms with Crippen LogP contribution in [0.15, 0.2) is 48.5 Å². The van der Waals surface area contributed by atoms with E-state index in [9.17, 15) is 9.59 Å². The lowest BCUT2D eigenvalue weighted by atomic mass is 10.2.